The van der Waals surface area contributed by atoms with E-state index in [4.69, 9.17) is 5.73 Å². The van der Waals surface area contributed by atoms with Crippen LogP contribution in [0.25, 0.3) is 0 Å². The number of hydrogen-bond acceptors (Lipinski definition) is 1. The second-order valence-corrected chi connectivity index (χ2v) is 4.29. The zero-order valence-electron chi connectivity index (χ0n) is 8.80. The molecular formula is C12H19N. The molecule has 0 aliphatic rings. The summed E-state index contributed by atoms with van der Waals surface area (Å²) in [5.41, 5.74) is 8.48. The summed E-state index contributed by atoms with van der Waals surface area (Å²) in [7, 11) is 0. The van der Waals surface area contributed by atoms with Gasteiger partial charge in [-0.15, -0.1) is 0 Å². The zero-order chi connectivity index (χ0) is 9.90. The van der Waals surface area contributed by atoms with Gasteiger partial charge in [-0.2, -0.15) is 0 Å². The standard InChI is InChI=1S/C12H19N/c1-10-4-6-11(7-5-10)12(2,3)8-9-13/h4-7H,8-9,13H2,1-3H3. The van der Waals surface area contributed by atoms with Gasteiger partial charge in [0.1, 0.15) is 0 Å². The molecule has 0 atom stereocenters. The topological polar surface area (TPSA) is 26.0 Å². The van der Waals surface area contributed by atoms with Crippen LogP contribution in [0.15, 0.2) is 24.3 Å². The number of aryl methyl sites for hydroxylation is 1. The molecule has 0 aliphatic carbocycles. The lowest BCUT2D eigenvalue weighted by atomic mass is 9.81. The monoisotopic (exact) mass is 177 g/mol. The minimum absolute atomic E-state index is 0.211. The van der Waals surface area contributed by atoms with E-state index in [-0.39, 0.29) is 5.41 Å². The molecule has 1 rings (SSSR count). The molecular weight excluding hydrogens is 158 g/mol. The summed E-state index contributed by atoms with van der Waals surface area (Å²) in [6.07, 6.45) is 1.04. The lowest BCUT2D eigenvalue weighted by Crippen LogP contribution is -2.21. The van der Waals surface area contributed by atoms with Gasteiger partial charge in [0.25, 0.3) is 0 Å². The van der Waals surface area contributed by atoms with Crippen molar-refractivity contribution in [3.8, 4) is 0 Å². The van der Waals surface area contributed by atoms with E-state index in [1.165, 1.54) is 11.1 Å². The largest absolute Gasteiger partial charge is 0.330 e. The average molecular weight is 177 g/mol. The van der Waals surface area contributed by atoms with E-state index in [9.17, 15) is 0 Å². The van der Waals surface area contributed by atoms with E-state index in [1.54, 1.807) is 0 Å². The van der Waals surface area contributed by atoms with Crippen molar-refractivity contribution in [1.82, 2.24) is 0 Å². The van der Waals surface area contributed by atoms with Crippen molar-refractivity contribution in [2.75, 3.05) is 6.54 Å². The van der Waals surface area contributed by atoms with Gasteiger partial charge in [-0.05, 0) is 30.9 Å². The summed E-state index contributed by atoms with van der Waals surface area (Å²) < 4.78 is 0. The van der Waals surface area contributed by atoms with Gasteiger partial charge in [0, 0.05) is 0 Å². The molecule has 1 heteroatoms. The van der Waals surface area contributed by atoms with Crippen molar-refractivity contribution in [3.05, 3.63) is 35.4 Å². The molecule has 0 heterocycles. The fraction of sp³-hybridized carbons (Fsp3) is 0.500. The quantitative estimate of drug-likeness (QED) is 0.754. The van der Waals surface area contributed by atoms with Crippen molar-refractivity contribution >= 4 is 0 Å². The molecule has 0 radical (unpaired) electrons. The summed E-state index contributed by atoms with van der Waals surface area (Å²) in [5, 5.41) is 0. The van der Waals surface area contributed by atoms with Crippen LogP contribution < -0.4 is 5.73 Å². The highest BCUT2D eigenvalue weighted by atomic mass is 14.5. The fourth-order valence-electron chi connectivity index (χ4n) is 1.51. The molecule has 0 amide bonds. The van der Waals surface area contributed by atoms with E-state index < -0.39 is 0 Å². The van der Waals surface area contributed by atoms with Gasteiger partial charge < -0.3 is 5.73 Å². The van der Waals surface area contributed by atoms with Crippen molar-refractivity contribution < 1.29 is 0 Å². The zero-order valence-corrected chi connectivity index (χ0v) is 8.80. The molecule has 13 heavy (non-hydrogen) atoms. The van der Waals surface area contributed by atoms with Gasteiger partial charge in [0.2, 0.25) is 0 Å². The minimum atomic E-state index is 0.211. The summed E-state index contributed by atoms with van der Waals surface area (Å²) >= 11 is 0. The lowest BCUT2D eigenvalue weighted by Gasteiger charge is -2.24. The van der Waals surface area contributed by atoms with Crippen LogP contribution in [0.5, 0.6) is 0 Å². The predicted molar refractivity (Wildman–Crippen MR) is 57.9 cm³/mol. The Morgan fingerprint density at radius 2 is 1.69 bits per heavy atom. The lowest BCUT2D eigenvalue weighted by molar-refractivity contribution is 0.487. The summed E-state index contributed by atoms with van der Waals surface area (Å²) in [6, 6.07) is 8.72. The van der Waals surface area contributed by atoms with Crippen molar-refractivity contribution in [1.29, 1.82) is 0 Å². The number of rotatable bonds is 3. The molecule has 0 saturated heterocycles. The van der Waals surface area contributed by atoms with E-state index in [1.807, 2.05) is 0 Å². The van der Waals surface area contributed by atoms with Crippen LogP contribution in [-0.4, -0.2) is 6.54 Å². The first-order chi connectivity index (χ1) is 6.06. The highest BCUT2D eigenvalue weighted by Gasteiger charge is 2.18. The Hall–Kier alpha value is -0.820. The van der Waals surface area contributed by atoms with E-state index in [2.05, 4.69) is 45.0 Å². The Morgan fingerprint density at radius 1 is 1.15 bits per heavy atom. The molecule has 0 aliphatic heterocycles. The summed E-state index contributed by atoms with van der Waals surface area (Å²) in [4.78, 5) is 0. The Balaban J connectivity index is 2.87. The highest BCUT2D eigenvalue weighted by Crippen LogP contribution is 2.26. The van der Waals surface area contributed by atoms with Crippen LogP contribution in [0.3, 0.4) is 0 Å². The van der Waals surface area contributed by atoms with Gasteiger partial charge in [-0.3, -0.25) is 0 Å². The highest BCUT2D eigenvalue weighted by molar-refractivity contribution is 5.27. The Morgan fingerprint density at radius 3 is 2.15 bits per heavy atom. The molecule has 0 spiro atoms. The van der Waals surface area contributed by atoms with E-state index in [0.717, 1.165) is 13.0 Å². The molecule has 0 bridgehead atoms. The van der Waals surface area contributed by atoms with E-state index >= 15 is 0 Å². The molecule has 0 fully saturated rings. The van der Waals surface area contributed by atoms with Gasteiger partial charge in [0.15, 0.2) is 0 Å². The molecule has 0 unspecified atom stereocenters. The second kappa shape index (κ2) is 3.93. The van der Waals surface area contributed by atoms with Crippen LogP contribution in [0.4, 0.5) is 0 Å². The van der Waals surface area contributed by atoms with E-state index in [0.29, 0.717) is 0 Å². The third-order valence-corrected chi connectivity index (χ3v) is 2.60. The SMILES string of the molecule is Cc1ccc(C(C)(C)CCN)cc1. The number of benzene rings is 1. The minimum Gasteiger partial charge on any atom is -0.330 e. The van der Waals surface area contributed by atoms with Gasteiger partial charge >= 0.3 is 0 Å². The Labute approximate surface area is 81.0 Å². The normalized spacial score (nSPS) is 11.7. The Bertz CT molecular complexity index is 259. The number of hydrogen-bond donors (Lipinski definition) is 1. The average Bonchev–Trinajstić information content (AvgIpc) is 2.05. The first-order valence-corrected chi connectivity index (χ1v) is 4.83. The van der Waals surface area contributed by atoms with Crippen LogP contribution in [0, 0.1) is 6.92 Å². The Kier molecular flexibility index (Phi) is 3.10. The van der Waals surface area contributed by atoms with Gasteiger partial charge in [0.05, 0.1) is 0 Å². The smallest absolute Gasteiger partial charge is 0.00690 e. The second-order valence-electron chi connectivity index (χ2n) is 4.29. The van der Waals surface area contributed by atoms with Crippen molar-refractivity contribution in [2.24, 2.45) is 5.73 Å². The number of nitrogens with two attached hydrogens (primary N) is 1. The molecule has 0 aromatic heterocycles. The third kappa shape index (κ3) is 2.56. The molecule has 1 aromatic rings. The van der Waals surface area contributed by atoms with Crippen molar-refractivity contribution in [3.63, 3.8) is 0 Å². The maximum absolute atomic E-state index is 5.58. The first-order valence-electron chi connectivity index (χ1n) is 4.83. The first kappa shape index (κ1) is 10.3. The fourth-order valence-corrected chi connectivity index (χ4v) is 1.51. The molecule has 2 N–H and O–H groups in total. The van der Waals surface area contributed by atoms with Crippen LogP contribution in [0.2, 0.25) is 0 Å². The maximum Gasteiger partial charge on any atom is -0.00690 e. The maximum atomic E-state index is 5.58. The van der Waals surface area contributed by atoms with Crippen LogP contribution in [0.1, 0.15) is 31.4 Å². The van der Waals surface area contributed by atoms with Gasteiger partial charge in [-0.1, -0.05) is 43.7 Å². The molecule has 1 nitrogen and oxygen atoms in total. The van der Waals surface area contributed by atoms with Crippen LogP contribution >= 0.6 is 0 Å². The molecule has 1 aromatic carbocycles. The van der Waals surface area contributed by atoms with Crippen molar-refractivity contribution in [2.45, 2.75) is 32.6 Å². The summed E-state index contributed by atoms with van der Waals surface area (Å²) in [6.45, 7) is 7.34. The van der Waals surface area contributed by atoms with Gasteiger partial charge in [-0.25, -0.2) is 0 Å². The molecule has 72 valence electrons. The molecule has 0 saturated carbocycles. The third-order valence-electron chi connectivity index (χ3n) is 2.60. The predicted octanol–water partition coefficient (Wildman–Crippen LogP) is 2.62. The van der Waals surface area contributed by atoms with Crippen LogP contribution in [-0.2, 0) is 5.41 Å². The summed E-state index contributed by atoms with van der Waals surface area (Å²) in [5.74, 6) is 0.